The highest BCUT2D eigenvalue weighted by Gasteiger charge is 2.42. The molecule has 0 aliphatic carbocycles. The minimum atomic E-state index is -0.300. The number of nitrogens with zero attached hydrogens (tertiary/aromatic N) is 2. The standard InChI is InChI=1S/C20H16N2O3S2/c1-3-21-13-9-5-4-8-12(13)16(18(21)23)17-19(24)22(20(26)27-17)14-10-6-7-11-15(14)25-2/h4-11H,3H2,1-2H3. The molecule has 2 aliphatic heterocycles. The van der Waals surface area contributed by atoms with Crippen molar-refractivity contribution in [3.63, 3.8) is 0 Å². The predicted octanol–water partition coefficient (Wildman–Crippen LogP) is 3.84. The topological polar surface area (TPSA) is 49.9 Å². The van der Waals surface area contributed by atoms with Crippen molar-refractivity contribution < 1.29 is 14.3 Å². The van der Waals surface area contributed by atoms with E-state index in [9.17, 15) is 9.59 Å². The largest absolute Gasteiger partial charge is 0.495 e. The molecule has 0 saturated carbocycles. The summed E-state index contributed by atoms with van der Waals surface area (Å²) >= 11 is 6.63. The van der Waals surface area contributed by atoms with E-state index in [2.05, 4.69) is 0 Å². The fourth-order valence-electron chi connectivity index (χ4n) is 3.35. The van der Waals surface area contributed by atoms with Crippen LogP contribution in [0.1, 0.15) is 12.5 Å². The zero-order chi connectivity index (χ0) is 19.1. The van der Waals surface area contributed by atoms with Gasteiger partial charge < -0.3 is 9.64 Å². The van der Waals surface area contributed by atoms with E-state index in [-0.39, 0.29) is 11.8 Å². The van der Waals surface area contributed by atoms with Crippen LogP contribution in [0.5, 0.6) is 5.75 Å². The van der Waals surface area contributed by atoms with E-state index in [4.69, 9.17) is 17.0 Å². The van der Waals surface area contributed by atoms with Gasteiger partial charge in [-0.05, 0) is 25.1 Å². The molecule has 5 nitrogen and oxygen atoms in total. The number of rotatable bonds is 3. The SMILES string of the molecule is CCN1C(=O)C(=C2SC(=S)N(c3ccccc3OC)C2=O)c2ccccc21. The van der Waals surface area contributed by atoms with Crippen LogP contribution in [0.3, 0.4) is 0 Å². The van der Waals surface area contributed by atoms with Crippen molar-refractivity contribution in [1.29, 1.82) is 0 Å². The lowest BCUT2D eigenvalue weighted by atomic mass is 10.1. The maximum absolute atomic E-state index is 13.3. The minimum absolute atomic E-state index is 0.167. The number of thioether (sulfide) groups is 1. The quantitative estimate of drug-likeness (QED) is 0.583. The monoisotopic (exact) mass is 396 g/mol. The van der Waals surface area contributed by atoms with Crippen LogP contribution in [0.25, 0.3) is 5.57 Å². The van der Waals surface area contributed by atoms with Crippen LogP contribution < -0.4 is 14.5 Å². The lowest BCUT2D eigenvalue weighted by Gasteiger charge is -2.17. The molecule has 0 N–H and O–H groups in total. The van der Waals surface area contributed by atoms with Crippen LogP contribution in [0.2, 0.25) is 0 Å². The third kappa shape index (κ3) is 2.65. The molecule has 2 aromatic rings. The molecule has 7 heteroatoms. The van der Waals surface area contributed by atoms with Gasteiger partial charge in [0, 0.05) is 12.1 Å². The number of carbonyl (C=O) groups excluding carboxylic acids is 2. The summed E-state index contributed by atoms with van der Waals surface area (Å²) in [6.45, 7) is 2.45. The fourth-order valence-corrected chi connectivity index (χ4v) is 4.71. The third-order valence-corrected chi connectivity index (χ3v) is 5.93. The molecule has 1 saturated heterocycles. The van der Waals surface area contributed by atoms with Gasteiger partial charge in [0.1, 0.15) is 5.75 Å². The van der Waals surface area contributed by atoms with Crippen molar-refractivity contribution in [1.82, 2.24) is 0 Å². The van der Waals surface area contributed by atoms with Gasteiger partial charge in [-0.25, -0.2) is 0 Å². The molecule has 0 bridgehead atoms. The summed E-state index contributed by atoms with van der Waals surface area (Å²) in [5, 5.41) is 0. The van der Waals surface area contributed by atoms with Gasteiger partial charge >= 0.3 is 0 Å². The van der Waals surface area contributed by atoms with Gasteiger partial charge in [0.15, 0.2) is 4.32 Å². The average molecular weight is 396 g/mol. The summed E-state index contributed by atoms with van der Waals surface area (Å²) in [7, 11) is 1.55. The van der Waals surface area contributed by atoms with Gasteiger partial charge in [-0.1, -0.05) is 54.3 Å². The molecule has 2 heterocycles. The lowest BCUT2D eigenvalue weighted by Crippen LogP contribution is -2.29. The molecular formula is C20H16N2O3S2. The Hall–Kier alpha value is -2.64. The molecule has 0 spiro atoms. The summed E-state index contributed by atoms with van der Waals surface area (Å²) in [6, 6.07) is 14.7. The second kappa shape index (κ2) is 6.83. The van der Waals surface area contributed by atoms with E-state index in [0.717, 1.165) is 23.0 Å². The highest BCUT2D eigenvalue weighted by molar-refractivity contribution is 8.27. The van der Waals surface area contributed by atoms with E-state index in [1.54, 1.807) is 24.1 Å². The maximum atomic E-state index is 13.3. The second-order valence-electron chi connectivity index (χ2n) is 5.95. The molecule has 1 fully saturated rings. The van der Waals surface area contributed by atoms with Gasteiger partial charge in [-0.3, -0.25) is 14.5 Å². The number of carbonyl (C=O) groups is 2. The number of methoxy groups -OCH3 is 1. The number of hydrogen-bond donors (Lipinski definition) is 0. The fraction of sp³-hybridized carbons (Fsp3) is 0.150. The number of thiocarbonyl (C=S) groups is 1. The number of ether oxygens (including phenoxy) is 1. The number of benzene rings is 2. The van der Waals surface area contributed by atoms with Crippen molar-refractivity contribution in [2.45, 2.75) is 6.92 Å². The normalized spacial score (nSPS) is 19.1. The van der Waals surface area contributed by atoms with E-state index in [0.29, 0.717) is 32.8 Å². The van der Waals surface area contributed by atoms with Crippen LogP contribution in [0, 0.1) is 0 Å². The molecule has 4 rings (SSSR count). The summed E-state index contributed by atoms with van der Waals surface area (Å²) < 4.78 is 5.75. The first-order chi connectivity index (χ1) is 13.1. The maximum Gasteiger partial charge on any atom is 0.271 e. The van der Waals surface area contributed by atoms with Crippen LogP contribution in [-0.4, -0.2) is 29.8 Å². The van der Waals surface area contributed by atoms with Gasteiger partial charge in [0.05, 0.1) is 29.0 Å². The Balaban J connectivity index is 1.86. The molecular weight excluding hydrogens is 380 g/mol. The first kappa shape index (κ1) is 17.8. The Morgan fingerprint density at radius 2 is 1.67 bits per heavy atom. The van der Waals surface area contributed by atoms with Gasteiger partial charge in [-0.2, -0.15) is 0 Å². The van der Waals surface area contributed by atoms with Crippen LogP contribution in [0.15, 0.2) is 53.4 Å². The highest BCUT2D eigenvalue weighted by atomic mass is 32.2. The predicted molar refractivity (Wildman–Crippen MR) is 112 cm³/mol. The first-order valence-corrected chi connectivity index (χ1v) is 9.65. The van der Waals surface area contributed by atoms with Crippen molar-refractivity contribution in [3.8, 4) is 5.75 Å². The zero-order valence-electron chi connectivity index (χ0n) is 14.8. The van der Waals surface area contributed by atoms with Crippen molar-refractivity contribution in [2.75, 3.05) is 23.5 Å². The van der Waals surface area contributed by atoms with E-state index in [1.807, 2.05) is 43.3 Å². The molecule has 0 radical (unpaired) electrons. The number of para-hydroxylation sites is 3. The van der Waals surface area contributed by atoms with E-state index < -0.39 is 0 Å². The lowest BCUT2D eigenvalue weighted by molar-refractivity contribution is -0.115. The number of amides is 2. The summed E-state index contributed by atoms with van der Waals surface area (Å²) in [5.41, 5.74) is 2.58. The van der Waals surface area contributed by atoms with E-state index in [1.165, 1.54) is 4.90 Å². The first-order valence-electron chi connectivity index (χ1n) is 8.43. The number of fused-ring (bicyclic) bond motifs is 1. The van der Waals surface area contributed by atoms with Crippen molar-refractivity contribution in [3.05, 3.63) is 59.0 Å². The van der Waals surface area contributed by atoms with Crippen molar-refractivity contribution in [2.24, 2.45) is 0 Å². The average Bonchev–Trinajstić information content (AvgIpc) is 3.13. The Morgan fingerprint density at radius 3 is 2.37 bits per heavy atom. The van der Waals surface area contributed by atoms with Gasteiger partial charge in [0.2, 0.25) is 0 Å². The molecule has 2 aliphatic rings. The molecule has 136 valence electrons. The second-order valence-corrected chi connectivity index (χ2v) is 7.60. The minimum Gasteiger partial charge on any atom is -0.495 e. The molecule has 27 heavy (non-hydrogen) atoms. The van der Waals surface area contributed by atoms with E-state index >= 15 is 0 Å². The summed E-state index contributed by atoms with van der Waals surface area (Å²) in [5.74, 6) is 0.0817. The molecule has 2 amide bonds. The molecule has 0 aromatic heterocycles. The number of anilines is 2. The zero-order valence-corrected chi connectivity index (χ0v) is 16.4. The Kier molecular flexibility index (Phi) is 4.49. The van der Waals surface area contributed by atoms with Crippen LogP contribution in [-0.2, 0) is 9.59 Å². The van der Waals surface area contributed by atoms with Gasteiger partial charge in [0.25, 0.3) is 11.8 Å². The van der Waals surface area contributed by atoms with Crippen molar-refractivity contribution >= 4 is 57.1 Å². The number of hydrogen-bond acceptors (Lipinski definition) is 5. The molecule has 0 atom stereocenters. The summed E-state index contributed by atoms with van der Waals surface area (Å²) in [4.78, 5) is 29.7. The molecule has 0 unspecified atom stereocenters. The molecule has 2 aromatic carbocycles. The smallest absolute Gasteiger partial charge is 0.271 e. The third-order valence-electron chi connectivity index (χ3n) is 4.56. The Bertz CT molecular complexity index is 1020. The van der Waals surface area contributed by atoms with Gasteiger partial charge in [-0.15, -0.1) is 0 Å². The summed E-state index contributed by atoms with van der Waals surface area (Å²) in [6.07, 6.45) is 0. The van der Waals surface area contributed by atoms with Crippen LogP contribution in [0.4, 0.5) is 11.4 Å². The van der Waals surface area contributed by atoms with Crippen LogP contribution >= 0.6 is 24.0 Å². The Morgan fingerprint density at radius 1 is 1.00 bits per heavy atom. The highest BCUT2D eigenvalue weighted by Crippen LogP contribution is 2.46. The number of likely N-dealkylation sites (N-methyl/N-ethyl adjacent to an activating group) is 1. The Labute approximate surface area is 166 Å².